The molecule has 12 nitrogen and oxygen atoms in total. The van der Waals surface area contributed by atoms with E-state index in [9.17, 15) is 4.57 Å². The van der Waals surface area contributed by atoms with Crippen molar-refractivity contribution in [3.05, 3.63) is 47.6 Å². The maximum absolute atomic E-state index is 12.6. The highest BCUT2D eigenvalue weighted by atomic mass is 35.5. The van der Waals surface area contributed by atoms with Crippen molar-refractivity contribution >= 4 is 53.3 Å². The average Bonchev–Trinajstić information content (AvgIpc) is 3.03. The van der Waals surface area contributed by atoms with Crippen LogP contribution in [0.25, 0.3) is 0 Å². The predicted molar refractivity (Wildman–Crippen MR) is 166 cm³/mol. The minimum atomic E-state index is -3.34. The molecule has 2 aliphatic rings. The lowest BCUT2D eigenvalue weighted by Crippen LogP contribution is -2.52. The SMILES string of the molecule is COc1cc(N2CCC(N3CCN(C)CC3)CC2)ccc1Nc1nnc(Cl)c(Nc2ccc(P(=O)(OC)OC)cc2)n1. The van der Waals surface area contributed by atoms with Crippen molar-refractivity contribution in [3.8, 4) is 5.75 Å². The van der Waals surface area contributed by atoms with E-state index in [1.54, 1.807) is 31.4 Å². The lowest BCUT2D eigenvalue weighted by molar-refractivity contribution is 0.0982. The van der Waals surface area contributed by atoms with Crippen molar-refractivity contribution in [1.29, 1.82) is 0 Å². The van der Waals surface area contributed by atoms with Gasteiger partial charge in [0.1, 0.15) is 5.75 Å². The molecule has 0 radical (unpaired) electrons. The van der Waals surface area contributed by atoms with E-state index in [-0.39, 0.29) is 11.1 Å². The molecule has 1 aromatic heterocycles. The van der Waals surface area contributed by atoms with Gasteiger partial charge in [-0.2, -0.15) is 4.98 Å². The maximum atomic E-state index is 12.6. The molecule has 0 spiro atoms. The number of benzene rings is 2. The van der Waals surface area contributed by atoms with Crippen molar-refractivity contribution in [2.45, 2.75) is 18.9 Å². The Morgan fingerprint density at radius 1 is 0.905 bits per heavy atom. The van der Waals surface area contributed by atoms with Crippen LogP contribution in [0.1, 0.15) is 12.8 Å². The molecule has 0 saturated carbocycles. The summed E-state index contributed by atoms with van der Waals surface area (Å²) >= 11 is 6.28. The molecule has 2 aliphatic heterocycles. The number of nitrogens with one attached hydrogen (secondary N) is 2. The van der Waals surface area contributed by atoms with Crippen LogP contribution in [0.3, 0.4) is 0 Å². The van der Waals surface area contributed by atoms with Gasteiger partial charge in [-0.05, 0) is 56.3 Å². The first kappa shape index (κ1) is 30.5. The summed E-state index contributed by atoms with van der Waals surface area (Å²) in [6, 6.07) is 13.5. The van der Waals surface area contributed by atoms with Crippen LogP contribution in [0.2, 0.25) is 5.15 Å². The number of likely N-dealkylation sites (N-methyl/N-ethyl adjacent to an activating group) is 1. The Kier molecular flexibility index (Phi) is 9.82. The number of piperazine rings is 1. The van der Waals surface area contributed by atoms with Gasteiger partial charge >= 0.3 is 7.60 Å². The fourth-order valence-electron chi connectivity index (χ4n) is 5.37. The summed E-state index contributed by atoms with van der Waals surface area (Å²) < 4.78 is 28.4. The molecular weight excluding hydrogens is 579 g/mol. The van der Waals surface area contributed by atoms with Crippen LogP contribution in [0.4, 0.5) is 28.8 Å². The molecule has 2 fully saturated rings. The maximum Gasteiger partial charge on any atom is 0.360 e. The fraction of sp³-hybridized carbons (Fsp3) is 0.464. The van der Waals surface area contributed by atoms with Gasteiger partial charge in [-0.1, -0.05) is 11.6 Å². The van der Waals surface area contributed by atoms with Crippen LogP contribution in [-0.2, 0) is 13.6 Å². The number of anilines is 5. The molecule has 14 heteroatoms. The monoisotopic (exact) mass is 616 g/mol. The average molecular weight is 617 g/mol. The summed E-state index contributed by atoms with van der Waals surface area (Å²) in [6.45, 7) is 6.65. The Bertz CT molecular complexity index is 1390. The lowest BCUT2D eigenvalue weighted by atomic mass is 10.0. The Morgan fingerprint density at radius 2 is 1.60 bits per heavy atom. The molecule has 2 N–H and O–H groups in total. The van der Waals surface area contributed by atoms with Gasteiger partial charge in [0.05, 0.1) is 18.1 Å². The normalized spacial score (nSPS) is 17.3. The van der Waals surface area contributed by atoms with Crippen molar-refractivity contribution in [2.75, 3.05) is 83.2 Å². The Morgan fingerprint density at radius 3 is 2.24 bits per heavy atom. The molecule has 0 bridgehead atoms. The van der Waals surface area contributed by atoms with Crippen LogP contribution in [0.15, 0.2) is 42.5 Å². The van der Waals surface area contributed by atoms with Crippen LogP contribution < -0.4 is 25.6 Å². The quantitative estimate of drug-likeness (QED) is 0.315. The Hall–Kier alpha value is -2.99. The molecule has 0 aliphatic carbocycles. The summed E-state index contributed by atoms with van der Waals surface area (Å²) in [5, 5.41) is 15.0. The van der Waals surface area contributed by atoms with E-state index < -0.39 is 7.60 Å². The van der Waals surface area contributed by atoms with Gasteiger partial charge in [0.25, 0.3) is 0 Å². The summed E-state index contributed by atoms with van der Waals surface area (Å²) in [5.74, 6) is 1.24. The largest absolute Gasteiger partial charge is 0.494 e. The van der Waals surface area contributed by atoms with Gasteiger partial charge < -0.3 is 34.2 Å². The second kappa shape index (κ2) is 13.5. The molecule has 2 aromatic carbocycles. The first-order valence-electron chi connectivity index (χ1n) is 13.9. The highest BCUT2D eigenvalue weighted by Gasteiger charge is 2.27. The Balaban J connectivity index is 1.23. The van der Waals surface area contributed by atoms with Crippen LogP contribution >= 0.6 is 19.2 Å². The zero-order chi connectivity index (χ0) is 29.7. The van der Waals surface area contributed by atoms with Gasteiger partial charge in [-0.15, -0.1) is 10.2 Å². The molecule has 226 valence electrons. The van der Waals surface area contributed by atoms with Gasteiger partial charge in [0.15, 0.2) is 11.0 Å². The van der Waals surface area contributed by atoms with Gasteiger partial charge in [-0.3, -0.25) is 9.46 Å². The van der Waals surface area contributed by atoms with E-state index in [4.69, 9.17) is 25.4 Å². The zero-order valence-corrected chi connectivity index (χ0v) is 26.1. The summed E-state index contributed by atoms with van der Waals surface area (Å²) in [6.07, 6.45) is 2.32. The van der Waals surface area contributed by atoms with E-state index >= 15 is 0 Å². The minimum absolute atomic E-state index is 0.103. The Labute approximate surface area is 251 Å². The van der Waals surface area contributed by atoms with Crippen molar-refractivity contribution in [3.63, 3.8) is 0 Å². The molecule has 3 heterocycles. The molecule has 42 heavy (non-hydrogen) atoms. The van der Waals surface area contributed by atoms with Crippen LogP contribution in [0, 0.1) is 0 Å². The third-order valence-electron chi connectivity index (χ3n) is 7.89. The van der Waals surface area contributed by atoms with E-state index in [1.807, 2.05) is 12.1 Å². The summed E-state index contributed by atoms with van der Waals surface area (Å²) in [4.78, 5) is 12.0. The van der Waals surface area contributed by atoms with E-state index in [0.29, 0.717) is 34.3 Å². The highest BCUT2D eigenvalue weighted by Crippen LogP contribution is 2.45. The number of nitrogens with zero attached hydrogens (tertiary/aromatic N) is 6. The first-order chi connectivity index (χ1) is 20.3. The topological polar surface area (TPSA) is 117 Å². The molecule has 0 amide bonds. The van der Waals surface area contributed by atoms with Crippen molar-refractivity contribution < 1.29 is 18.3 Å². The first-order valence-corrected chi connectivity index (χ1v) is 15.9. The molecule has 2 saturated heterocycles. The second-order valence-electron chi connectivity index (χ2n) is 10.4. The number of ether oxygens (including phenoxy) is 1. The fourth-order valence-corrected chi connectivity index (χ4v) is 6.58. The van der Waals surface area contributed by atoms with Crippen LogP contribution in [0.5, 0.6) is 5.75 Å². The highest BCUT2D eigenvalue weighted by molar-refractivity contribution is 7.62. The third kappa shape index (κ3) is 6.96. The minimum Gasteiger partial charge on any atom is -0.494 e. The summed E-state index contributed by atoms with van der Waals surface area (Å²) in [5.41, 5.74) is 2.49. The standard InChI is InChI=1S/C28H38ClN8O4P/c1-35-15-17-37(18-16-35)21-11-13-36(14-12-21)22-7-10-24(25(19-22)39-2)31-28-32-27(26(29)33-34-28)30-20-5-8-23(9-6-20)42(38,40-3)41-4/h5-10,19,21H,11-18H2,1-4H3,(H2,30,31,32,34). The predicted octanol–water partition coefficient (Wildman–Crippen LogP) is 4.35. The smallest absolute Gasteiger partial charge is 0.360 e. The zero-order valence-electron chi connectivity index (χ0n) is 24.4. The third-order valence-corrected chi connectivity index (χ3v) is 10.0. The van der Waals surface area contributed by atoms with E-state index in [1.165, 1.54) is 14.2 Å². The summed E-state index contributed by atoms with van der Waals surface area (Å²) in [7, 11) is 3.19. The van der Waals surface area contributed by atoms with E-state index in [0.717, 1.165) is 57.8 Å². The molecule has 0 atom stereocenters. The number of rotatable bonds is 10. The van der Waals surface area contributed by atoms with Crippen molar-refractivity contribution in [2.24, 2.45) is 0 Å². The van der Waals surface area contributed by atoms with Gasteiger partial charge in [0.2, 0.25) is 5.95 Å². The number of piperidine rings is 1. The van der Waals surface area contributed by atoms with E-state index in [2.05, 4.69) is 53.6 Å². The number of aromatic nitrogens is 3. The van der Waals surface area contributed by atoms with Gasteiger partial charge in [-0.25, -0.2) is 0 Å². The van der Waals surface area contributed by atoms with Gasteiger partial charge in [0, 0.05) is 77.0 Å². The number of halogens is 1. The number of hydrogen-bond donors (Lipinski definition) is 2. The van der Waals surface area contributed by atoms with Crippen LogP contribution in [-0.4, -0.2) is 98.7 Å². The molecular formula is C28H38ClN8O4P. The molecule has 5 rings (SSSR count). The number of methoxy groups -OCH3 is 1. The second-order valence-corrected chi connectivity index (χ2v) is 13.0. The molecule has 0 unspecified atom stereocenters. The van der Waals surface area contributed by atoms with Crippen molar-refractivity contribution in [1.82, 2.24) is 25.0 Å². The lowest BCUT2D eigenvalue weighted by Gasteiger charge is -2.42. The molecule has 3 aromatic rings. The number of hydrogen-bond acceptors (Lipinski definition) is 12.